The van der Waals surface area contributed by atoms with Crippen LogP contribution in [0.5, 0.6) is 0 Å². The van der Waals surface area contributed by atoms with Gasteiger partial charge in [-0.1, -0.05) is 223 Å². The van der Waals surface area contributed by atoms with E-state index in [-0.39, 0.29) is 10.8 Å². The number of benzene rings is 11. The number of hydrogen-bond donors (Lipinski definition) is 1. The summed E-state index contributed by atoms with van der Waals surface area (Å²) >= 11 is 0. The normalized spacial score (nSPS) is 14.0. The first-order valence-electron chi connectivity index (χ1n) is 31.8. The SMILES string of the molecule is CC1=CC(c2ccccc2C)=C(N(c2ccc(C(C)(C)C)cc2)c2ccc3c4c(c5ccccc5c3c2)-c2c(cc(N(c3ccc(C(C)(C)C)cc3)c3ncc(C)cc3-c3ccccc3C)c3c2oc2ccccc23)C42c3ccccc3-c3ccccc32)NC1. The quantitative estimate of drug-likeness (QED) is 0.154. The van der Waals surface area contributed by atoms with Gasteiger partial charge in [-0.2, -0.15) is 0 Å². The van der Waals surface area contributed by atoms with E-state index in [9.17, 15) is 0 Å². The number of hydrogen-bond acceptors (Lipinski definition) is 5. The first-order valence-corrected chi connectivity index (χ1v) is 31.8. The summed E-state index contributed by atoms with van der Waals surface area (Å²) in [5, 5.41) is 10.8. The van der Waals surface area contributed by atoms with Crippen molar-refractivity contribution in [3.63, 3.8) is 0 Å². The highest BCUT2D eigenvalue weighted by Crippen LogP contribution is 2.68. The highest BCUT2D eigenvalue weighted by molar-refractivity contribution is 6.26. The lowest BCUT2D eigenvalue weighted by Crippen LogP contribution is -2.33. The van der Waals surface area contributed by atoms with Gasteiger partial charge in [0.1, 0.15) is 22.8 Å². The molecule has 2 aliphatic carbocycles. The summed E-state index contributed by atoms with van der Waals surface area (Å²) in [7, 11) is 0. The second-order valence-corrected chi connectivity index (χ2v) is 27.4. The van der Waals surface area contributed by atoms with Crippen molar-refractivity contribution in [3.8, 4) is 33.4 Å². The molecule has 3 heterocycles. The van der Waals surface area contributed by atoms with Crippen molar-refractivity contribution >= 4 is 77.6 Å². The highest BCUT2D eigenvalue weighted by atomic mass is 16.3. The number of fused-ring (bicyclic) bond motifs is 19. The maximum absolute atomic E-state index is 7.66. The molecule has 0 atom stereocenters. The predicted molar refractivity (Wildman–Crippen MR) is 378 cm³/mol. The first-order chi connectivity index (χ1) is 43.6. The Kier molecular flexibility index (Phi) is 12.5. The Morgan fingerprint density at radius 1 is 0.456 bits per heavy atom. The standard InChI is InChI=1S/C85H72N4O/c1-51-45-69(60-25-13-11-23-53(60)3)81(86-49-51)88(57-39-35-55(36-40-57)83(5,6)7)59-43-44-66-68(47-59)62-27-15-16-30-65(62)77-78-73(85(79(66)77)71-32-20-17-28-63(71)64-29-18-21-33-72(64)85)48-74(76-67-31-19-22-34-75(67)90-80(76)78)89(58-41-37-56(38-42-58)84(8,9)10)82-70(46-52(2)50-87-82)61-26-14-12-24-54(61)4/h11-48,50,86H,49H2,1-10H3. The molecule has 1 spiro atoms. The number of nitrogens with zero attached hydrogens (tertiary/aromatic N) is 3. The fourth-order valence-corrected chi connectivity index (χ4v) is 15.3. The van der Waals surface area contributed by atoms with Crippen LogP contribution in [0.4, 0.5) is 28.6 Å². The van der Waals surface area contributed by atoms with Gasteiger partial charge in [0.05, 0.1) is 16.5 Å². The van der Waals surface area contributed by atoms with E-state index in [1.165, 1.54) is 99.5 Å². The summed E-state index contributed by atoms with van der Waals surface area (Å²) < 4.78 is 7.66. The van der Waals surface area contributed by atoms with Crippen LogP contribution in [0.15, 0.2) is 253 Å². The molecule has 438 valence electrons. The van der Waals surface area contributed by atoms with E-state index in [2.05, 4.69) is 315 Å². The van der Waals surface area contributed by atoms with Gasteiger partial charge < -0.3 is 9.73 Å². The average molecular weight is 1170 g/mol. The Bertz CT molecular complexity index is 5150. The van der Waals surface area contributed by atoms with Crippen LogP contribution < -0.4 is 15.1 Å². The molecule has 1 N–H and O–H groups in total. The van der Waals surface area contributed by atoms with E-state index in [0.717, 1.165) is 85.1 Å². The lowest BCUT2D eigenvalue weighted by Gasteiger charge is -2.35. The third-order valence-electron chi connectivity index (χ3n) is 19.6. The van der Waals surface area contributed by atoms with Crippen LogP contribution >= 0.6 is 0 Å². The number of aryl methyl sites for hydroxylation is 3. The summed E-state index contributed by atoms with van der Waals surface area (Å²) in [5.41, 5.74) is 26.6. The van der Waals surface area contributed by atoms with Gasteiger partial charge in [-0.05, 0) is 193 Å². The summed E-state index contributed by atoms with van der Waals surface area (Å²) in [6.07, 6.45) is 4.42. The summed E-state index contributed by atoms with van der Waals surface area (Å²) in [6, 6.07) is 84.4. The van der Waals surface area contributed by atoms with Crippen molar-refractivity contribution in [2.45, 2.75) is 85.5 Å². The molecular weight excluding hydrogens is 1090 g/mol. The molecule has 16 rings (SSSR count). The summed E-state index contributed by atoms with van der Waals surface area (Å²) in [6.45, 7) is 23.3. The molecule has 0 saturated carbocycles. The number of rotatable bonds is 8. The molecule has 2 aromatic heterocycles. The van der Waals surface area contributed by atoms with Gasteiger partial charge in [-0.3, -0.25) is 9.80 Å². The van der Waals surface area contributed by atoms with Gasteiger partial charge in [-0.15, -0.1) is 0 Å². The first kappa shape index (κ1) is 55.1. The number of allylic oxidation sites excluding steroid dienone is 2. The monoisotopic (exact) mass is 1160 g/mol. The van der Waals surface area contributed by atoms with Gasteiger partial charge in [-0.25, -0.2) is 4.98 Å². The van der Waals surface area contributed by atoms with Crippen molar-refractivity contribution in [2.75, 3.05) is 16.3 Å². The number of para-hydroxylation sites is 1. The number of anilines is 5. The van der Waals surface area contributed by atoms with Gasteiger partial charge in [0, 0.05) is 51.9 Å². The maximum atomic E-state index is 7.66. The molecule has 5 heteroatoms. The van der Waals surface area contributed by atoms with Crippen molar-refractivity contribution in [2.24, 2.45) is 0 Å². The minimum atomic E-state index is -0.818. The molecule has 0 saturated heterocycles. The molecule has 0 bridgehead atoms. The molecule has 1 aliphatic heterocycles. The Labute approximate surface area is 528 Å². The van der Waals surface area contributed by atoms with E-state index in [1.54, 1.807) is 0 Å². The lowest BCUT2D eigenvalue weighted by atomic mass is 9.69. The van der Waals surface area contributed by atoms with Crippen molar-refractivity contribution in [3.05, 3.63) is 304 Å². The van der Waals surface area contributed by atoms with Crippen LogP contribution in [0.25, 0.3) is 82.4 Å². The van der Waals surface area contributed by atoms with Crippen LogP contribution in [0, 0.1) is 20.8 Å². The van der Waals surface area contributed by atoms with E-state index in [0.29, 0.717) is 0 Å². The van der Waals surface area contributed by atoms with Gasteiger partial charge in [0.25, 0.3) is 0 Å². The van der Waals surface area contributed by atoms with E-state index in [1.807, 2.05) is 6.20 Å². The van der Waals surface area contributed by atoms with E-state index < -0.39 is 5.41 Å². The van der Waals surface area contributed by atoms with Crippen LogP contribution in [-0.4, -0.2) is 11.5 Å². The zero-order valence-corrected chi connectivity index (χ0v) is 53.0. The Hall–Kier alpha value is -10.2. The average Bonchev–Trinajstić information content (AvgIpc) is 1.48. The fourth-order valence-electron chi connectivity index (χ4n) is 15.3. The second-order valence-electron chi connectivity index (χ2n) is 27.4. The lowest BCUT2D eigenvalue weighted by molar-refractivity contribution is 0.590. The molecular formula is C85H72N4O. The number of dihydropyridines is 1. The van der Waals surface area contributed by atoms with Gasteiger partial charge in [0.2, 0.25) is 0 Å². The molecule has 11 aromatic carbocycles. The van der Waals surface area contributed by atoms with Gasteiger partial charge >= 0.3 is 0 Å². The Morgan fingerprint density at radius 3 is 1.63 bits per heavy atom. The van der Waals surface area contributed by atoms with Crippen LogP contribution in [0.2, 0.25) is 0 Å². The van der Waals surface area contributed by atoms with Crippen LogP contribution in [0.1, 0.15) is 104 Å². The van der Waals surface area contributed by atoms with Crippen molar-refractivity contribution < 1.29 is 4.42 Å². The Balaban J connectivity index is 1.05. The highest BCUT2D eigenvalue weighted by Gasteiger charge is 2.55. The number of furan rings is 1. The molecule has 0 fully saturated rings. The largest absolute Gasteiger partial charge is 0.455 e. The third kappa shape index (κ3) is 8.32. The molecule has 90 heavy (non-hydrogen) atoms. The zero-order chi connectivity index (χ0) is 61.5. The van der Waals surface area contributed by atoms with Crippen LogP contribution in [-0.2, 0) is 16.2 Å². The molecule has 5 nitrogen and oxygen atoms in total. The van der Waals surface area contributed by atoms with E-state index >= 15 is 0 Å². The number of pyridine rings is 1. The summed E-state index contributed by atoms with van der Waals surface area (Å²) in [4.78, 5) is 10.5. The maximum Gasteiger partial charge on any atom is 0.145 e. The predicted octanol–water partition coefficient (Wildman–Crippen LogP) is 22.3. The minimum absolute atomic E-state index is 0.0163. The molecule has 0 unspecified atom stereocenters. The molecule has 0 radical (unpaired) electrons. The van der Waals surface area contributed by atoms with Gasteiger partial charge in [0.15, 0.2) is 0 Å². The minimum Gasteiger partial charge on any atom is -0.455 e. The summed E-state index contributed by atoms with van der Waals surface area (Å²) in [5.74, 6) is 1.90. The van der Waals surface area contributed by atoms with Crippen molar-refractivity contribution in [1.29, 1.82) is 0 Å². The Morgan fingerprint density at radius 2 is 1.00 bits per heavy atom. The number of aromatic nitrogens is 1. The smallest absolute Gasteiger partial charge is 0.145 e. The molecule has 3 aliphatic rings. The molecule has 13 aromatic rings. The molecule has 0 amide bonds. The van der Waals surface area contributed by atoms with Crippen LogP contribution in [0.3, 0.4) is 0 Å². The second kappa shape index (κ2) is 20.4. The fraction of sp³-hybridized carbons (Fsp3) is 0.165. The van der Waals surface area contributed by atoms with Crippen molar-refractivity contribution in [1.82, 2.24) is 10.3 Å². The number of nitrogens with one attached hydrogen (secondary N) is 1. The third-order valence-corrected chi connectivity index (χ3v) is 19.6. The zero-order valence-electron chi connectivity index (χ0n) is 53.0. The topological polar surface area (TPSA) is 44.5 Å². The van der Waals surface area contributed by atoms with E-state index in [4.69, 9.17) is 9.40 Å².